The third-order valence-electron chi connectivity index (χ3n) is 2.26. The van der Waals surface area contributed by atoms with Crippen molar-refractivity contribution in [2.45, 2.75) is 6.92 Å². The summed E-state index contributed by atoms with van der Waals surface area (Å²) in [5.74, 6) is 0. The summed E-state index contributed by atoms with van der Waals surface area (Å²) in [5.41, 5.74) is 3.84. The summed E-state index contributed by atoms with van der Waals surface area (Å²) in [6.45, 7) is 2.12. The number of hydrogen-bond donors (Lipinski definition) is 0. The van der Waals surface area contributed by atoms with Crippen LogP contribution in [0, 0.1) is 6.92 Å². The lowest BCUT2D eigenvalue weighted by Crippen LogP contribution is -2.08. The van der Waals surface area contributed by atoms with Crippen LogP contribution in [-0.4, -0.2) is 7.05 Å². The summed E-state index contributed by atoms with van der Waals surface area (Å²) in [6.07, 6.45) is 8.32. The van der Waals surface area contributed by atoms with E-state index in [4.69, 9.17) is 0 Å². The van der Waals surface area contributed by atoms with Crippen molar-refractivity contribution >= 4 is 11.8 Å². The molecule has 66 valence electrons. The van der Waals surface area contributed by atoms with Crippen molar-refractivity contribution in [1.29, 1.82) is 0 Å². The zero-order valence-corrected chi connectivity index (χ0v) is 7.99. The monoisotopic (exact) mass is 171 g/mol. The topological polar surface area (TPSA) is 3.24 Å². The average molecular weight is 171 g/mol. The van der Waals surface area contributed by atoms with Crippen molar-refractivity contribution in [2.24, 2.45) is 0 Å². The van der Waals surface area contributed by atoms with Gasteiger partial charge in [0.25, 0.3) is 0 Å². The maximum Gasteiger partial charge on any atom is 0.0479 e. The summed E-state index contributed by atoms with van der Waals surface area (Å²) in [7, 11) is 2.07. The van der Waals surface area contributed by atoms with Gasteiger partial charge in [-0.1, -0.05) is 24.3 Å². The fourth-order valence-electron chi connectivity index (χ4n) is 1.52. The highest BCUT2D eigenvalue weighted by molar-refractivity contribution is 5.71. The first kappa shape index (κ1) is 8.11. The van der Waals surface area contributed by atoms with E-state index in [9.17, 15) is 0 Å². The number of hydrogen-bond acceptors (Lipinski definition) is 1. The van der Waals surface area contributed by atoms with Gasteiger partial charge in [0, 0.05) is 18.9 Å². The molecule has 0 amide bonds. The normalized spacial score (nSPS) is 14.2. The Morgan fingerprint density at radius 3 is 2.85 bits per heavy atom. The van der Waals surface area contributed by atoms with E-state index in [1.807, 2.05) is 0 Å². The van der Waals surface area contributed by atoms with Crippen molar-refractivity contribution < 1.29 is 0 Å². The van der Waals surface area contributed by atoms with Crippen molar-refractivity contribution in [3.63, 3.8) is 0 Å². The molecule has 1 heteroatoms. The highest BCUT2D eigenvalue weighted by Crippen LogP contribution is 2.24. The number of anilines is 1. The minimum absolute atomic E-state index is 1.27. The number of nitrogens with zero attached hydrogens (tertiary/aromatic N) is 1. The molecular formula is C12H13N. The Balaban J connectivity index is 2.58. The van der Waals surface area contributed by atoms with Gasteiger partial charge in [0.15, 0.2) is 0 Å². The molecule has 0 aliphatic carbocycles. The predicted octanol–water partition coefficient (Wildman–Crippen LogP) is 2.97. The van der Waals surface area contributed by atoms with Crippen LogP contribution in [0.1, 0.15) is 11.1 Å². The van der Waals surface area contributed by atoms with Crippen LogP contribution in [0.4, 0.5) is 5.69 Å². The van der Waals surface area contributed by atoms with E-state index < -0.39 is 0 Å². The van der Waals surface area contributed by atoms with Crippen LogP contribution in [-0.2, 0) is 0 Å². The first-order valence-corrected chi connectivity index (χ1v) is 4.46. The van der Waals surface area contributed by atoms with Gasteiger partial charge >= 0.3 is 0 Å². The second-order valence-corrected chi connectivity index (χ2v) is 3.37. The van der Waals surface area contributed by atoms with E-state index in [0.29, 0.717) is 0 Å². The second kappa shape index (κ2) is 3.09. The van der Waals surface area contributed by atoms with E-state index in [-0.39, 0.29) is 0 Å². The Kier molecular flexibility index (Phi) is 1.93. The number of fused-ring (bicyclic) bond motifs is 1. The standard InChI is InChI=1S/C12H13N/c1-10-6-7-11-5-3-4-8-13(2)12(11)9-10/h3-9H,1-2H3. The molecule has 0 aromatic heterocycles. The van der Waals surface area contributed by atoms with Gasteiger partial charge in [-0.25, -0.2) is 0 Å². The Morgan fingerprint density at radius 1 is 1.15 bits per heavy atom. The zero-order chi connectivity index (χ0) is 9.26. The number of rotatable bonds is 0. The largest absolute Gasteiger partial charge is 0.351 e. The van der Waals surface area contributed by atoms with Crippen LogP contribution < -0.4 is 4.90 Å². The van der Waals surface area contributed by atoms with E-state index in [2.05, 4.69) is 61.5 Å². The van der Waals surface area contributed by atoms with Gasteiger partial charge in [0.2, 0.25) is 0 Å². The van der Waals surface area contributed by atoms with E-state index in [0.717, 1.165) is 0 Å². The molecule has 1 aromatic rings. The molecule has 0 unspecified atom stereocenters. The molecule has 0 atom stereocenters. The summed E-state index contributed by atoms with van der Waals surface area (Å²) >= 11 is 0. The second-order valence-electron chi connectivity index (χ2n) is 3.37. The van der Waals surface area contributed by atoms with Gasteiger partial charge in [0.1, 0.15) is 0 Å². The van der Waals surface area contributed by atoms with Crippen LogP contribution in [0.3, 0.4) is 0 Å². The van der Waals surface area contributed by atoms with Gasteiger partial charge in [-0.05, 0) is 30.2 Å². The minimum atomic E-state index is 1.27. The Hall–Kier alpha value is -1.50. The van der Waals surface area contributed by atoms with Crippen LogP contribution in [0.25, 0.3) is 6.08 Å². The van der Waals surface area contributed by atoms with Crippen molar-refractivity contribution in [3.8, 4) is 0 Å². The van der Waals surface area contributed by atoms with Crippen LogP contribution in [0.2, 0.25) is 0 Å². The summed E-state index contributed by atoms with van der Waals surface area (Å²) in [5, 5.41) is 0. The number of aryl methyl sites for hydroxylation is 1. The average Bonchev–Trinajstić information content (AvgIpc) is 2.29. The van der Waals surface area contributed by atoms with Crippen LogP contribution in [0.15, 0.2) is 36.6 Å². The lowest BCUT2D eigenvalue weighted by atomic mass is 10.1. The van der Waals surface area contributed by atoms with Gasteiger partial charge in [-0.3, -0.25) is 0 Å². The number of benzene rings is 1. The molecule has 0 N–H and O–H groups in total. The van der Waals surface area contributed by atoms with Crippen molar-refractivity contribution in [1.82, 2.24) is 0 Å². The molecule has 1 heterocycles. The summed E-state index contributed by atoms with van der Waals surface area (Å²) < 4.78 is 0. The fourth-order valence-corrected chi connectivity index (χ4v) is 1.52. The first-order valence-electron chi connectivity index (χ1n) is 4.46. The molecule has 0 saturated heterocycles. The predicted molar refractivity (Wildman–Crippen MR) is 57.8 cm³/mol. The molecule has 0 saturated carbocycles. The molecule has 1 aromatic carbocycles. The quantitative estimate of drug-likeness (QED) is 0.580. The molecule has 0 spiro atoms. The third kappa shape index (κ3) is 1.50. The smallest absolute Gasteiger partial charge is 0.0479 e. The van der Waals surface area contributed by atoms with Crippen molar-refractivity contribution in [3.05, 3.63) is 47.7 Å². The third-order valence-corrected chi connectivity index (χ3v) is 2.26. The Morgan fingerprint density at radius 2 is 2.00 bits per heavy atom. The van der Waals surface area contributed by atoms with Crippen molar-refractivity contribution in [2.75, 3.05) is 11.9 Å². The van der Waals surface area contributed by atoms with E-state index >= 15 is 0 Å². The maximum absolute atomic E-state index is 2.20. The lowest BCUT2D eigenvalue weighted by molar-refractivity contribution is 1.20. The number of allylic oxidation sites excluding steroid dienone is 2. The zero-order valence-electron chi connectivity index (χ0n) is 7.99. The molecular weight excluding hydrogens is 158 g/mol. The molecule has 0 radical (unpaired) electrons. The van der Waals surface area contributed by atoms with Gasteiger partial charge in [0.05, 0.1) is 0 Å². The maximum atomic E-state index is 2.20. The van der Waals surface area contributed by atoms with Gasteiger partial charge in [-0.15, -0.1) is 0 Å². The van der Waals surface area contributed by atoms with Gasteiger partial charge < -0.3 is 4.90 Å². The van der Waals surface area contributed by atoms with Gasteiger partial charge in [-0.2, -0.15) is 0 Å². The molecule has 1 nitrogen and oxygen atoms in total. The van der Waals surface area contributed by atoms with Crippen LogP contribution >= 0.6 is 0 Å². The fraction of sp³-hybridized carbons (Fsp3) is 0.167. The minimum Gasteiger partial charge on any atom is -0.351 e. The first-order chi connectivity index (χ1) is 6.27. The highest BCUT2D eigenvalue weighted by atomic mass is 15.1. The summed E-state index contributed by atoms with van der Waals surface area (Å²) in [6, 6.07) is 6.50. The Labute approximate surface area is 79.0 Å². The molecule has 2 rings (SSSR count). The van der Waals surface area contributed by atoms with Crippen LogP contribution in [0.5, 0.6) is 0 Å². The SMILES string of the molecule is Cc1ccc2c(c1)N(C)C=CC=C2. The Bertz CT molecular complexity index is 375. The molecule has 0 fully saturated rings. The lowest BCUT2D eigenvalue weighted by Gasteiger charge is -2.16. The molecule has 13 heavy (non-hydrogen) atoms. The highest BCUT2D eigenvalue weighted by Gasteiger charge is 2.04. The summed E-state index contributed by atoms with van der Waals surface area (Å²) in [4.78, 5) is 2.14. The van der Waals surface area contributed by atoms with E-state index in [1.54, 1.807) is 0 Å². The van der Waals surface area contributed by atoms with E-state index in [1.165, 1.54) is 16.8 Å². The molecule has 1 aliphatic heterocycles. The molecule has 1 aliphatic rings. The molecule has 0 bridgehead atoms.